The summed E-state index contributed by atoms with van der Waals surface area (Å²) in [6.07, 6.45) is 5.52. The summed E-state index contributed by atoms with van der Waals surface area (Å²) in [6, 6.07) is 11.0. The molecule has 1 fully saturated rings. The van der Waals surface area contributed by atoms with Crippen molar-refractivity contribution in [2.45, 2.75) is 38.5 Å². The number of hydrogen-bond acceptors (Lipinski definition) is 6. The number of alkyl halides is 2. The Kier molecular flexibility index (Phi) is 6.01. The van der Waals surface area contributed by atoms with Crippen molar-refractivity contribution in [1.29, 1.82) is 0 Å². The molecule has 2 aromatic carbocycles. The Morgan fingerprint density at radius 1 is 1.19 bits per heavy atom. The molecule has 3 aromatic rings. The molecule has 0 saturated heterocycles. The quantitative estimate of drug-likeness (QED) is 0.497. The van der Waals surface area contributed by atoms with E-state index in [4.69, 9.17) is 9.15 Å². The van der Waals surface area contributed by atoms with Crippen LogP contribution in [0.2, 0.25) is 0 Å². The second-order valence-electron chi connectivity index (χ2n) is 7.09. The Morgan fingerprint density at radius 3 is 2.65 bits per heavy atom. The third-order valence-corrected chi connectivity index (χ3v) is 5.00. The van der Waals surface area contributed by atoms with Crippen LogP contribution in [0, 0.1) is 0 Å². The normalized spacial score (nSPS) is 13.6. The number of hydrogen-bond donors (Lipinski definition) is 1. The van der Waals surface area contributed by atoms with Gasteiger partial charge in [-0.1, -0.05) is 6.07 Å². The molecular weight excluding hydrogens is 410 g/mol. The third-order valence-electron chi connectivity index (χ3n) is 5.00. The number of aromatic carboxylic acids is 1. The molecule has 162 valence electrons. The molecule has 1 heterocycles. The van der Waals surface area contributed by atoms with Crippen LogP contribution in [0.1, 0.15) is 35.4 Å². The van der Waals surface area contributed by atoms with Gasteiger partial charge in [0.05, 0.1) is 24.4 Å². The highest BCUT2D eigenvalue weighted by Gasteiger charge is 2.23. The van der Waals surface area contributed by atoms with E-state index >= 15 is 0 Å². The second-order valence-corrected chi connectivity index (χ2v) is 7.09. The number of carboxylic acids is 1. The monoisotopic (exact) mass is 430 g/mol. The SMILES string of the molecule is O=C(O)c1cccc(N(Cc2cnco2)c2ccc(OC(F)F)c(OC3CCC3)c2)c1. The molecule has 0 aliphatic heterocycles. The van der Waals surface area contributed by atoms with Gasteiger partial charge < -0.3 is 23.9 Å². The topological polar surface area (TPSA) is 85.0 Å². The van der Waals surface area contributed by atoms with Crippen LogP contribution < -0.4 is 14.4 Å². The zero-order valence-corrected chi connectivity index (χ0v) is 16.4. The summed E-state index contributed by atoms with van der Waals surface area (Å²) in [5.74, 6) is -0.366. The molecule has 0 radical (unpaired) electrons. The molecule has 7 nitrogen and oxygen atoms in total. The lowest BCUT2D eigenvalue weighted by Crippen LogP contribution is -2.25. The van der Waals surface area contributed by atoms with Gasteiger partial charge in [0.2, 0.25) is 0 Å². The molecule has 0 atom stereocenters. The zero-order valence-electron chi connectivity index (χ0n) is 16.4. The van der Waals surface area contributed by atoms with E-state index in [2.05, 4.69) is 9.72 Å². The maximum atomic E-state index is 12.9. The van der Waals surface area contributed by atoms with E-state index in [1.54, 1.807) is 35.4 Å². The number of aromatic nitrogens is 1. The minimum absolute atomic E-state index is 0.0478. The number of rotatable bonds is 9. The molecule has 0 spiro atoms. The van der Waals surface area contributed by atoms with Crippen molar-refractivity contribution in [3.8, 4) is 11.5 Å². The van der Waals surface area contributed by atoms with E-state index in [1.807, 2.05) is 0 Å². The van der Waals surface area contributed by atoms with Crippen LogP contribution in [0.15, 0.2) is 59.5 Å². The lowest BCUT2D eigenvalue weighted by atomic mass is 9.96. The Bertz CT molecular complexity index is 1040. The summed E-state index contributed by atoms with van der Waals surface area (Å²) in [6.45, 7) is -2.74. The number of oxazole rings is 1. The van der Waals surface area contributed by atoms with Crippen LogP contribution in [0.4, 0.5) is 20.2 Å². The number of benzene rings is 2. The first-order valence-corrected chi connectivity index (χ1v) is 9.73. The molecule has 0 bridgehead atoms. The first-order chi connectivity index (χ1) is 15.0. The van der Waals surface area contributed by atoms with Gasteiger partial charge in [0.25, 0.3) is 0 Å². The molecule has 0 amide bonds. The molecule has 31 heavy (non-hydrogen) atoms. The van der Waals surface area contributed by atoms with Crippen molar-refractivity contribution in [3.63, 3.8) is 0 Å². The lowest BCUT2D eigenvalue weighted by Gasteiger charge is -2.29. The maximum Gasteiger partial charge on any atom is 0.387 e. The fourth-order valence-electron chi connectivity index (χ4n) is 3.23. The Hall–Kier alpha value is -3.62. The van der Waals surface area contributed by atoms with Crippen LogP contribution in [-0.2, 0) is 6.54 Å². The van der Waals surface area contributed by atoms with Crippen molar-refractivity contribution in [2.24, 2.45) is 0 Å². The number of nitrogens with zero attached hydrogens (tertiary/aromatic N) is 2. The van der Waals surface area contributed by atoms with E-state index in [0.717, 1.165) is 19.3 Å². The molecule has 1 aliphatic rings. The minimum Gasteiger partial charge on any atom is -0.486 e. The molecule has 4 rings (SSSR count). The Labute approximate surface area is 176 Å². The van der Waals surface area contributed by atoms with Gasteiger partial charge in [0, 0.05) is 17.4 Å². The second kappa shape index (κ2) is 9.03. The van der Waals surface area contributed by atoms with Crippen LogP contribution >= 0.6 is 0 Å². The van der Waals surface area contributed by atoms with E-state index in [9.17, 15) is 18.7 Å². The van der Waals surface area contributed by atoms with Gasteiger partial charge in [-0.3, -0.25) is 0 Å². The van der Waals surface area contributed by atoms with E-state index in [-0.39, 0.29) is 29.7 Å². The molecule has 1 saturated carbocycles. The van der Waals surface area contributed by atoms with E-state index < -0.39 is 12.6 Å². The summed E-state index contributed by atoms with van der Waals surface area (Å²) in [5, 5.41) is 9.36. The first-order valence-electron chi connectivity index (χ1n) is 9.73. The van der Waals surface area contributed by atoms with Crippen molar-refractivity contribution < 1.29 is 32.6 Å². The van der Waals surface area contributed by atoms with Gasteiger partial charge in [-0.05, 0) is 49.6 Å². The summed E-state index contributed by atoms with van der Waals surface area (Å²) < 4.78 is 41.6. The standard InChI is InChI=1S/C22H20F2N2O5/c23-22(24)31-19-8-7-16(10-20(19)30-17-5-2-6-17)26(12-18-11-25-13-29-18)15-4-1-3-14(9-15)21(27)28/h1,3-4,7-11,13,17,22H,2,5-6,12H2,(H,27,28). The number of carbonyl (C=O) groups is 1. The Morgan fingerprint density at radius 2 is 2.00 bits per heavy atom. The largest absolute Gasteiger partial charge is 0.486 e. The van der Waals surface area contributed by atoms with Gasteiger partial charge in [0.1, 0.15) is 5.76 Å². The fraction of sp³-hybridized carbons (Fsp3) is 0.273. The smallest absolute Gasteiger partial charge is 0.387 e. The van der Waals surface area contributed by atoms with Crippen molar-refractivity contribution in [2.75, 3.05) is 4.90 Å². The first kappa shape index (κ1) is 20.6. The molecule has 1 aliphatic carbocycles. The van der Waals surface area contributed by atoms with Crippen LogP contribution in [0.25, 0.3) is 0 Å². The summed E-state index contributed by atoms with van der Waals surface area (Å²) in [4.78, 5) is 17.1. The van der Waals surface area contributed by atoms with Gasteiger partial charge >= 0.3 is 12.6 Å². The molecule has 9 heteroatoms. The van der Waals surface area contributed by atoms with Gasteiger partial charge in [-0.25, -0.2) is 9.78 Å². The average Bonchev–Trinajstić information content (AvgIpc) is 3.23. The predicted octanol–water partition coefficient (Wildman–Crippen LogP) is 5.24. The minimum atomic E-state index is -2.98. The van der Waals surface area contributed by atoms with E-state index in [0.29, 0.717) is 17.1 Å². The van der Waals surface area contributed by atoms with Crippen LogP contribution in [0.5, 0.6) is 11.5 Å². The lowest BCUT2D eigenvalue weighted by molar-refractivity contribution is -0.0526. The number of carboxylic acid groups (broad SMARTS) is 1. The van der Waals surface area contributed by atoms with Crippen molar-refractivity contribution in [1.82, 2.24) is 4.98 Å². The van der Waals surface area contributed by atoms with Crippen LogP contribution in [0.3, 0.4) is 0 Å². The molecule has 1 aromatic heterocycles. The maximum absolute atomic E-state index is 12.9. The van der Waals surface area contributed by atoms with Crippen LogP contribution in [-0.4, -0.2) is 28.8 Å². The summed E-state index contributed by atoms with van der Waals surface area (Å²) in [5.41, 5.74) is 1.28. The highest BCUT2D eigenvalue weighted by molar-refractivity contribution is 5.89. The van der Waals surface area contributed by atoms with Crippen molar-refractivity contribution >= 4 is 17.3 Å². The van der Waals surface area contributed by atoms with Gasteiger partial charge in [-0.2, -0.15) is 8.78 Å². The Balaban J connectivity index is 1.73. The summed E-state index contributed by atoms with van der Waals surface area (Å²) >= 11 is 0. The number of anilines is 2. The predicted molar refractivity (Wildman–Crippen MR) is 107 cm³/mol. The fourth-order valence-corrected chi connectivity index (χ4v) is 3.23. The number of halogens is 2. The van der Waals surface area contributed by atoms with E-state index in [1.165, 1.54) is 24.6 Å². The summed E-state index contributed by atoms with van der Waals surface area (Å²) in [7, 11) is 0. The zero-order chi connectivity index (χ0) is 21.8. The van der Waals surface area contributed by atoms with Gasteiger partial charge in [0.15, 0.2) is 17.9 Å². The average molecular weight is 430 g/mol. The molecule has 0 unspecified atom stereocenters. The number of ether oxygens (including phenoxy) is 2. The van der Waals surface area contributed by atoms with Gasteiger partial charge in [-0.15, -0.1) is 0 Å². The highest BCUT2D eigenvalue weighted by atomic mass is 19.3. The van der Waals surface area contributed by atoms with Crippen molar-refractivity contribution in [3.05, 3.63) is 66.4 Å². The molecule has 1 N–H and O–H groups in total. The third kappa shape index (κ3) is 4.93. The molecular formula is C22H20F2N2O5. The highest BCUT2D eigenvalue weighted by Crippen LogP contribution is 2.39.